The number of fused-ring (bicyclic) bond motifs is 2. The average molecular weight is 349 g/mol. The zero-order chi connectivity index (χ0) is 13.7. The molecule has 4 rings (SSSR count). The van der Waals surface area contributed by atoms with Gasteiger partial charge in [-0.1, -0.05) is 0 Å². The number of nitrogens with zero attached hydrogens (tertiary/aromatic N) is 2. The minimum atomic E-state index is -0.0740. The van der Waals surface area contributed by atoms with Gasteiger partial charge in [-0.3, -0.25) is 0 Å². The first-order valence-electron chi connectivity index (χ1n) is 5.99. The van der Waals surface area contributed by atoms with Crippen LogP contribution in [0.15, 0.2) is 47.3 Å². The van der Waals surface area contributed by atoms with Crippen molar-refractivity contribution in [2.24, 2.45) is 0 Å². The third-order valence-electron chi connectivity index (χ3n) is 3.19. The maximum absolute atomic E-state index is 12.5. The van der Waals surface area contributed by atoms with Crippen LogP contribution in [-0.4, -0.2) is 28.5 Å². The zero-order valence-corrected chi connectivity index (χ0v) is 12.6. The molecule has 0 amide bonds. The minimum absolute atomic E-state index is 0.0175. The molecule has 2 aromatic carbocycles. The molecular formula is C14H8ClN3OSe. The number of benzene rings is 2. The number of H-pyrrole nitrogens is 1. The van der Waals surface area contributed by atoms with Gasteiger partial charge in [-0.05, 0) is 0 Å². The van der Waals surface area contributed by atoms with Crippen molar-refractivity contribution in [1.82, 2.24) is 13.8 Å². The topological polar surface area (TPSA) is 50.7 Å². The first-order chi connectivity index (χ1) is 9.74. The van der Waals surface area contributed by atoms with E-state index in [0.717, 1.165) is 20.5 Å². The van der Waals surface area contributed by atoms with E-state index in [1.54, 1.807) is 3.56 Å². The van der Waals surface area contributed by atoms with Crippen molar-refractivity contribution in [2.75, 3.05) is 0 Å². The van der Waals surface area contributed by atoms with E-state index < -0.39 is 0 Å². The molecule has 0 unspecified atom stereocenters. The Morgan fingerprint density at radius 3 is 2.85 bits per heavy atom. The molecule has 0 radical (unpaired) electrons. The second-order valence-electron chi connectivity index (χ2n) is 4.42. The number of aromatic nitrogens is 3. The number of halogens is 1. The first-order valence-corrected chi connectivity index (χ1v) is 7.99. The van der Waals surface area contributed by atoms with Crippen LogP contribution in [0.1, 0.15) is 0 Å². The van der Waals surface area contributed by atoms with Gasteiger partial charge in [0.25, 0.3) is 0 Å². The van der Waals surface area contributed by atoms with Gasteiger partial charge < -0.3 is 0 Å². The summed E-state index contributed by atoms with van der Waals surface area (Å²) in [6.07, 6.45) is 0. The molecule has 4 nitrogen and oxygen atoms in total. The molecule has 0 fully saturated rings. The van der Waals surface area contributed by atoms with E-state index in [9.17, 15) is 4.79 Å². The molecule has 0 saturated heterocycles. The van der Waals surface area contributed by atoms with Crippen LogP contribution in [-0.2, 0) is 0 Å². The fraction of sp³-hybridized carbons (Fsp3) is 0. The second-order valence-corrected chi connectivity index (χ2v) is 6.93. The summed E-state index contributed by atoms with van der Waals surface area (Å²) < 4.78 is 2.85. The van der Waals surface area contributed by atoms with E-state index >= 15 is 0 Å². The predicted octanol–water partition coefficient (Wildman–Crippen LogP) is 2.58. The Kier molecular flexibility index (Phi) is 2.60. The van der Waals surface area contributed by atoms with E-state index in [4.69, 9.17) is 11.6 Å². The van der Waals surface area contributed by atoms with Crippen LogP contribution >= 0.6 is 11.6 Å². The molecule has 98 valence electrons. The number of aromatic amines is 1. The summed E-state index contributed by atoms with van der Waals surface area (Å²) in [5.74, 6) is 0.679. The molecule has 2 aromatic heterocycles. The van der Waals surface area contributed by atoms with Crippen molar-refractivity contribution in [3.05, 3.63) is 57.8 Å². The molecule has 0 aliphatic carbocycles. The van der Waals surface area contributed by atoms with Gasteiger partial charge in [-0.15, -0.1) is 0 Å². The van der Waals surface area contributed by atoms with Gasteiger partial charge in [0.05, 0.1) is 0 Å². The van der Waals surface area contributed by atoms with E-state index in [0.29, 0.717) is 10.8 Å². The first kappa shape index (κ1) is 12.0. The summed E-state index contributed by atoms with van der Waals surface area (Å²) >= 11 is 5.89. The Labute approximate surface area is 124 Å². The van der Waals surface area contributed by atoms with E-state index in [-0.39, 0.29) is 20.3 Å². The Morgan fingerprint density at radius 2 is 2.00 bits per heavy atom. The van der Waals surface area contributed by atoms with Crippen molar-refractivity contribution in [3.63, 3.8) is 0 Å². The SMILES string of the molecule is O=c1c2ccccc2[se]n1-c1n[nH]c2cc(Cl)ccc12. The van der Waals surface area contributed by atoms with Crippen LogP contribution in [0, 0.1) is 0 Å². The van der Waals surface area contributed by atoms with Crippen LogP contribution in [0.3, 0.4) is 0 Å². The van der Waals surface area contributed by atoms with Gasteiger partial charge in [0, 0.05) is 0 Å². The third-order valence-corrected chi connectivity index (χ3v) is 5.68. The van der Waals surface area contributed by atoms with Crippen molar-refractivity contribution in [3.8, 4) is 5.82 Å². The molecule has 0 spiro atoms. The van der Waals surface area contributed by atoms with E-state index in [1.165, 1.54) is 0 Å². The molecule has 0 aliphatic rings. The number of hydrogen-bond acceptors (Lipinski definition) is 2. The molecule has 4 aromatic rings. The van der Waals surface area contributed by atoms with Gasteiger partial charge in [0.1, 0.15) is 0 Å². The van der Waals surface area contributed by atoms with Crippen LogP contribution in [0.4, 0.5) is 0 Å². The van der Waals surface area contributed by atoms with Gasteiger partial charge >= 0.3 is 124 Å². The number of nitrogens with one attached hydrogen (secondary N) is 1. The Hall–Kier alpha value is -1.81. The molecule has 20 heavy (non-hydrogen) atoms. The monoisotopic (exact) mass is 349 g/mol. The quantitative estimate of drug-likeness (QED) is 0.538. The summed E-state index contributed by atoms with van der Waals surface area (Å²) in [6, 6.07) is 13.2. The van der Waals surface area contributed by atoms with Crippen molar-refractivity contribution < 1.29 is 0 Å². The van der Waals surface area contributed by atoms with E-state index in [2.05, 4.69) is 10.2 Å². The molecule has 2 heterocycles. The summed E-state index contributed by atoms with van der Waals surface area (Å²) in [5, 5.41) is 9.56. The number of rotatable bonds is 1. The molecule has 0 saturated carbocycles. The Morgan fingerprint density at radius 1 is 1.15 bits per heavy atom. The van der Waals surface area contributed by atoms with Crippen molar-refractivity contribution >= 4 is 46.9 Å². The van der Waals surface area contributed by atoms with E-state index in [1.807, 2.05) is 42.5 Å². The van der Waals surface area contributed by atoms with Gasteiger partial charge in [-0.25, -0.2) is 0 Å². The second kappa shape index (κ2) is 4.35. The summed E-state index contributed by atoms with van der Waals surface area (Å²) in [5.41, 5.74) is 0.857. The molecule has 0 bridgehead atoms. The standard InChI is InChI=1S/C14H8ClN3OSe/c15-8-5-6-9-11(7-8)16-17-13(9)18-14(19)10-3-1-2-4-12(10)20-18/h1-7H,(H,16,17). The fourth-order valence-corrected chi connectivity index (χ4v) is 4.51. The molecule has 6 heteroatoms. The predicted molar refractivity (Wildman–Crippen MR) is 81.1 cm³/mol. The molecular weight excluding hydrogens is 341 g/mol. The van der Waals surface area contributed by atoms with Crippen molar-refractivity contribution in [1.29, 1.82) is 0 Å². The number of hydrogen-bond donors (Lipinski definition) is 1. The van der Waals surface area contributed by atoms with Gasteiger partial charge in [0.15, 0.2) is 0 Å². The van der Waals surface area contributed by atoms with Gasteiger partial charge in [-0.2, -0.15) is 0 Å². The summed E-state index contributed by atoms with van der Waals surface area (Å²) in [6.45, 7) is 0. The maximum atomic E-state index is 12.5. The Bertz CT molecular complexity index is 998. The van der Waals surface area contributed by atoms with Crippen LogP contribution < -0.4 is 5.56 Å². The van der Waals surface area contributed by atoms with Crippen LogP contribution in [0.5, 0.6) is 0 Å². The third kappa shape index (κ3) is 1.68. The molecule has 1 N–H and O–H groups in total. The average Bonchev–Trinajstić information content (AvgIpc) is 3.00. The van der Waals surface area contributed by atoms with Gasteiger partial charge in [0.2, 0.25) is 0 Å². The van der Waals surface area contributed by atoms with Crippen LogP contribution in [0.25, 0.3) is 26.4 Å². The van der Waals surface area contributed by atoms with Crippen LogP contribution in [0.2, 0.25) is 5.02 Å². The summed E-state index contributed by atoms with van der Waals surface area (Å²) in [7, 11) is 0. The fourth-order valence-electron chi connectivity index (χ4n) is 2.24. The van der Waals surface area contributed by atoms with Crippen molar-refractivity contribution in [2.45, 2.75) is 0 Å². The molecule has 0 atom stereocenters. The molecule has 0 aliphatic heterocycles. The summed E-state index contributed by atoms with van der Waals surface area (Å²) in [4.78, 5) is 12.5. The zero-order valence-electron chi connectivity index (χ0n) is 10.1. The normalized spacial score (nSPS) is 11.4. The Balaban J connectivity index is 2.06.